The molecular weight excluding hydrogens is 226 g/mol. The van der Waals surface area contributed by atoms with E-state index in [2.05, 4.69) is 24.9 Å². The second-order valence-corrected chi connectivity index (χ2v) is 3.09. The quantitative estimate of drug-likeness (QED) is 0.559. The Kier molecular flexibility index (Phi) is 4.41. The van der Waals surface area contributed by atoms with Gasteiger partial charge < -0.3 is 4.98 Å². The van der Waals surface area contributed by atoms with Crippen molar-refractivity contribution in [3.8, 4) is 5.40 Å². The number of thiocyanates is 1. The molecule has 1 N–H and O–H groups in total. The Morgan fingerprint density at radius 3 is 2.77 bits per heavy atom. The van der Waals surface area contributed by atoms with E-state index in [9.17, 15) is 0 Å². The molecule has 0 aliphatic rings. The van der Waals surface area contributed by atoms with Gasteiger partial charge in [-0.1, -0.05) is 12.1 Å². The van der Waals surface area contributed by atoms with Crippen LogP contribution in [0.15, 0.2) is 30.6 Å². The predicted octanol–water partition coefficient (Wildman–Crippen LogP) is 2.23. The number of para-hydroxylation sites is 2. The van der Waals surface area contributed by atoms with Crippen molar-refractivity contribution in [2.45, 2.75) is 0 Å². The molecule has 0 spiro atoms. The van der Waals surface area contributed by atoms with Gasteiger partial charge in [-0.05, 0) is 12.1 Å². The second-order valence-electron chi connectivity index (χ2n) is 2.08. The summed E-state index contributed by atoms with van der Waals surface area (Å²) in [5.74, 6) is 0. The molecule has 0 saturated heterocycles. The third-order valence-electron chi connectivity index (χ3n) is 1.36. The van der Waals surface area contributed by atoms with E-state index < -0.39 is 0 Å². The van der Waals surface area contributed by atoms with Crippen LogP contribution in [0.1, 0.15) is 0 Å². The van der Waals surface area contributed by atoms with Crippen LogP contribution in [0.3, 0.4) is 0 Å². The van der Waals surface area contributed by atoms with Gasteiger partial charge in [-0.15, -0.1) is 0 Å². The Hall–Kier alpha value is -0.951. The molecule has 2 rings (SSSR count). The van der Waals surface area contributed by atoms with E-state index in [1.54, 1.807) is 11.7 Å². The summed E-state index contributed by atoms with van der Waals surface area (Å²) in [6, 6.07) is 7.94. The first kappa shape index (κ1) is 10.1. The fraction of sp³-hybridized carbons (Fsp3) is 0. The molecule has 0 aliphatic heterocycles. The summed E-state index contributed by atoms with van der Waals surface area (Å²) in [6.45, 7) is 0. The van der Waals surface area contributed by atoms with Crippen molar-refractivity contribution in [1.82, 2.24) is 9.97 Å². The number of rotatable bonds is 0. The largest absolute Gasteiger partial charge is 0.345 e. The van der Waals surface area contributed by atoms with Crippen LogP contribution in [-0.2, 0) is 14.9 Å². The van der Waals surface area contributed by atoms with Crippen molar-refractivity contribution in [3.63, 3.8) is 0 Å². The second kappa shape index (κ2) is 5.65. The number of nitrogens with zero attached hydrogens (tertiary/aromatic N) is 2. The van der Waals surface area contributed by atoms with Crippen molar-refractivity contribution in [2.24, 2.45) is 0 Å². The summed E-state index contributed by atoms with van der Waals surface area (Å²) >= 11 is 3.16. The number of benzene rings is 1. The number of H-pyrrole nitrogens is 1. The van der Waals surface area contributed by atoms with Gasteiger partial charge in [-0.3, -0.25) is 0 Å². The van der Waals surface area contributed by atoms with Crippen LogP contribution >= 0.6 is 10.2 Å². The Morgan fingerprint density at radius 2 is 2.15 bits per heavy atom. The van der Waals surface area contributed by atoms with Gasteiger partial charge in [0.1, 0.15) is 0 Å². The standard InChI is InChI=1S/C7H6N2.CHNS.Fe/c1-2-4-7-6(3-1)8-5-9-7;2-1-3;/h1-5H,(H,8,9);3H;/q;;+1/p-1. The van der Waals surface area contributed by atoms with Crippen LogP contribution in [0.2, 0.25) is 0 Å². The summed E-state index contributed by atoms with van der Waals surface area (Å²) in [5, 5.41) is 9.26. The number of nitrogens with one attached hydrogen (secondary N) is 1. The number of nitriles is 1. The minimum absolute atomic E-state index is 0.912. The predicted molar refractivity (Wildman–Crippen MR) is 49.3 cm³/mol. The van der Waals surface area contributed by atoms with Crippen LogP contribution in [0.25, 0.3) is 11.0 Å². The van der Waals surface area contributed by atoms with Gasteiger partial charge in [-0.2, -0.15) is 0 Å². The third kappa shape index (κ3) is 3.11. The molecule has 1 aromatic carbocycles. The summed E-state index contributed by atoms with van der Waals surface area (Å²) < 4.78 is 0. The van der Waals surface area contributed by atoms with E-state index in [1.807, 2.05) is 24.3 Å². The molecule has 0 fully saturated rings. The first-order valence-corrected chi connectivity index (χ1v) is 5.47. The molecule has 0 amide bonds. The zero-order valence-electron chi connectivity index (χ0n) is 6.54. The minimum Gasteiger partial charge on any atom is -0.345 e. The van der Waals surface area contributed by atoms with Gasteiger partial charge in [0.15, 0.2) is 0 Å². The molecule has 13 heavy (non-hydrogen) atoms. The van der Waals surface area contributed by atoms with E-state index >= 15 is 0 Å². The number of aromatic nitrogens is 2. The summed E-state index contributed by atoms with van der Waals surface area (Å²) in [6.07, 6.45) is 1.70. The van der Waals surface area contributed by atoms with Crippen LogP contribution in [0.4, 0.5) is 0 Å². The normalized spacial score (nSPS) is 8.62. The van der Waals surface area contributed by atoms with Crippen molar-refractivity contribution in [1.29, 1.82) is 5.26 Å². The fourth-order valence-corrected chi connectivity index (χ4v) is 0.880. The van der Waals surface area contributed by atoms with Gasteiger partial charge in [0.2, 0.25) is 0 Å². The van der Waals surface area contributed by atoms with Crippen LogP contribution in [0, 0.1) is 10.7 Å². The molecule has 5 heteroatoms. The van der Waals surface area contributed by atoms with Gasteiger partial charge in [-0.25, -0.2) is 4.98 Å². The first-order valence-electron chi connectivity index (χ1n) is 3.42. The minimum atomic E-state index is 0.912. The Bertz CT molecular complexity index is 377. The molecule has 0 saturated carbocycles. The van der Waals surface area contributed by atoms with E-state index in [4.69, 9.17) is 5.26 Å². The van der Waals surface area contributed by atoms with Crippen molar-refractivity contribution in [3.05, 3.63) is 30.6 Å². The summed E-state index contributed by atoms with van der Waals surface area (Å²) in [4.78, 5) is 7.07. The molecule has 1 heterocycles. The topological polar surface area (TPSA) is 52.5 Å². The zero-order chi connectivity index (χ0) is 9.52. The Labute approximate surface area is 87.4 Å². The smallest absolute Gasteiger partial charge is 0.0931 e. The third-order valence-corrected chi connectivity index (χ3v) is 1.73. The average Bonchev–Trinajstić information content (AvgIpc) is 2.66. The molecule has 67 valence electrons. The average molecular weight is 232 g/mol. The maximum absolute atomic E-state index is 7.53. The SMILES string of the molecule is N#C[S][Fe].c1ccc2[nH]cnc2c1. The maximum atomic E-state index is 7.53. The molecule has 0 bridgehead atoms. The van der Waals surface area contributed by atoms with E-state index in [1.165, 1.54) is 0 Å². The number of imidazole rings is 1. The van der Waals surface area contributed by atoms with Crippen LogP contribution in [-0.4, -0.2) is 9.97 Å². The Balaban J connectivity index is 0.000000184. The molecule has 1 aromatic heterocycles. The first-order chi connectivity index (χ1) is 6.38. The van der Waals surface area contributed by atoms with E-state index in [0.717, 1.165) is 21.2 Å². The van der Waals surface area contributed by atoms with Crippen molar-refractivity contribution < 1.29 is 14.9 Å². The monoisotopic (exact) mass is 232 g/mol. The maximum Gasteiger partial charge on any atom is 0.0931 e. The molecular formula is C8H6FeN3S. The molecule has 0 aliphatic carbocycles. The fourth-order valence-electron chi connectivity index (χ4n) is 0.880. The molecule has 0 unspecified atom stereocenters. The summed E-state index contributed by atoms with van der Waals surface area (Å²) in [5.41, 5.74) is 2.12. The molecule has 0 atom stereocenters. The van der Waals surface area contributed by atoms with Crippen molar-refractivity contribution >= 4 is 21.2 Å². The van der Waals surface area contributed by atoms with Gasteiger partial charge in [0, 0.05) is 0 Å². The van der Waals surface area contributed by atoms with Crippen LogP contribution < -0.4 is 0 Å². The van der Waals surface area contributed by atoms with Gasteiger partial charge in [0.25, 0.3) is 0 Å². The number of fused-ring (bicyclic) bond motifs is 1. The number of hydrogen-bond acceptors (Lipinski definition) is 3. The number of aromatic amines is 1. The Morgan fingerprint density at radius 1 is 1.46 bits per heavy atom. The van der Waals surface area contributed by atoms with Gasteiger partial charge in [0.05, 0.1) is 17.4 Å². The number of hydrogen-bond donors (Lipinski definition) is 1. The van der Waals surface area contributed by atoms with Crippen LogP contribution in [0.5, 0.6) is 0 Å². The summed E-state index contributed by atoms with van der Waals surface area (Å²) in [7, 11) is 0.912. The zero-order valence-corrected chi connectivity index (χ0v) is 8.46. The van der Waals surface area contributed by atoms with E-state index in [-0.39, 0.29) is 0 Å². The van der Waals surface area contributed by atoms with Crippen molar-refractivity contribution in [2.75, 3.05) is 0 Å². The van der Waals surface area contributed by atoms with E-state index in [0.29, 0.717) is 0 Å². The molecule has 2 aromatic rings. The van der Waals surface area contributed by atoms with Gasteiger partial charge >= 0.3 is 35.7 Å². The molecule has 0 radical (unpaired) electrons. The molecule has 3 nitrogen and oxygen atoms in total.